The molecule has 3 rings (SSSR count). The van der Waals surface area contributed by atoms with Crippen LogP contribution in [0, 0.1) is 0 Å². The maximum absolute atomic E-state index is 12.8. The van der Waals surface area contributed by atoms with Gasteiger partial charge in [-0.2, -0.15) is 0 Å². The number of aryl methyl sites for hydroxylation is 2. The van der Waals surface area contributed by atoms with Gasteiger partial charge in [-0.3, -0.25) is 9.69 Å². The van der Waals surface area contributed by atoms with Gasteiger partial charge in [0.1, 0.15) is 0 Å². The second kappa shape index (κ2) is 9.41. The van der Waals surface area contributed by atoms with Crippen LogP contribution < -0.4 is 5.32 Å². The highest BCUT2D eigenvalue weighted by Crippen LogP contribution is 2.25. The molecule has 2 N–H and O–H groups in total. The first-order chi connectivity index (χ1) is 13.4. The summed E-state index contributed by atoms with van der Waals surface area (Å²) < 4.78 is 0. The van der Waals surface area contributed by atoms with E-state index in [0.717, 1.165) is 32.2 Å². The Morgan fingerprint density at radius 3 is 2.68 bits per heavy atom. The number of nitrogens with zero attached hydrogens (tertiary/aromatic N) is 2. The lowest BCUT2D eigenvalue weighted by molar-refractivity contribution is -0.138. The van der Waals surface area contributed by atoms with Crippen LogP contribution in [0.15, 0.2) is 18.2 Å². The van der Waals surface area contributed by atoms with Crippen LogP contribution in [-0.4, -0.2) is 59.6 Å². The summed E-state index contributed by atoms with van der Waals surface area (Å²) in [6.45, 7) is 3.48. The fraction of sp³-hybridized carbons (Fsp3) is 0.636. The number of carbonyl (C=O) groups excluding carboxylic acids is 1. The minimum atomic E-state index is -0.805. The quantitative estimate of drug-likeness (QED) is 0.814. The molecule has 1 aliphatic heterocycles. The molecular weight excluding hydrogens is 354 g/mol. The zero-order valence-electron chi connectivity index (χ0n) is 17.1. The Labute approximate surface area is 167 Å². The van der Waals surface area contributed by atoms with E-state index in [1.807, 2.05) is 23.8 Å². The van der Waals surface area contributed by atoms with Gasteiger partial charge in [-0.15, -0.1) is 0 Å². The van der Waals surface area contributed by atoms with Crippen molar-refractivity contribution >= 4 is 12.0 Å². The minimum Gasteiger partial charge on any atom is -0.480 e. The molecule has 28 heavy (non-hydrogen) atoms. The topological polar surface area (TPSA) is 72.9 Å². The van der Waals surface area contributed by atoms with Gasteiger partial charge in [0.15, 0.2) is 0 Å². The maximum atomic E-state index is 12.8. The van der Waals surface area contributed by atoms with E-state index >= 15 is 0 Å². The molecule has 0 saturated carbocycles. The molecule has 2 aliphatic rings. The van der Waals surface area contributed by atoms with E-state index in [9.17, 15) is 9.59 Å². The molecule has 2 atom stereocenters. The molecule has 1 unspecified atom stereocenters. The number of fused-ring (bicyclic) bond motifs is 1. The van der Waals surface area contributed by atoms with Gasteiger partial charge in [0.25, 0.3) is 0 Å². The zero-order valence-corrected chi connectivity index (χ0v) is 17.1. The summed E-state index contributed by atoms with van der Waals surface area (Å²) in [6, 6.07) is 6.81. The van der Waals surface area contributed by atoms with Gasteiger partial charge in [0, 0.05) is 19.1 Å². The molecule has 154 valence electrons. The van der Waals surface area contributed by atoms with Crippen molar-refractivity contribution in [2.75, 3.05) is 26.7 Å². The van der Waals surface area contributed by atoms with Crippen molar-refractivity contribution in [2.45, 2.75) is 64.0 Å². The largest absolute Gasteiger partial charge is 0.480 e. The molecule has 1 saturated heterocycles. The average molecular weight is 388 g/mol. The molecule has 2 amide bonds. The highest BCUT2D eigenvalue weighted by Gasteiger charge is 2.25. The molecule has 1 heterocycles. The summed E-state index contributed by atoms with van der Waals surface area (Å²) in [4.78, 5) is 27.5. The molecule has 0 spiro atoms. The minimum absolute atomic E-state index is 0.0199. The highest BCUT2D eigenvalue weighted by molar-refractivity contribution is 5.74. The van der Waals surface area contributed by atoms with E-state index in [-0.39, 0.29) is 24.7 Å². The summed E-state index contributed by atoms with van der Waals surface area (Å²) in [7, 11) is 1.85. The Balaban J connectivity index is 1.55. The lowest BCUT2D eigenvalue weighted by Crippen LogP contribution is -2.42. The van der Waals surface area contributed by atoms with Crippen LogP contribution in [0.5, 0.6) is 0 Å². The number of carboxylic acid groups (broad SMARTS) is 1. The van der Waals surface area contributed by atoms with Gasteiger partial charge in [-0.05, 0) is 75.6 Å². The van der Waals surface area contributed by atoms with Crippen molar-refractivity contribution in [3.8, 4) is 0 Å². The Hall–Kier alpha value is -2.08. The van der Waals surface area contributed by atoms with Crippen LogP contribution in [0.1, 0.15) is 61.8 Å². The standard InChI is InChI=1S/C22H33N3O3/c1-16(18-10-9-17-6-3-4-7-19(17)14-18)23-22(28)25-12-5-8-20(11-13-25)24(2)15-21(26)27/h9-10,14,16,20H,3-8,11-13,15H2,1-2H3,(H,23,28)(H,26,27)/t16-,20?/m0/s1. The van der Waals surface area contributed by atoms with Gasteiger partial charge in [0.05, 0.1) is 12.6 Å². The van der Waals surface area contributed by atoms with E-state index in [4.69, 9.17) is 5.11 Å². The lowest BCUT2D eigenvalue weighted by atomic mass is 9.89. The van der Waals surface area contributed by atoms with Gasteiger partial charge in [0.2, 0.25) is 0 Å². The van der Waals surface area contributed by atoms with Gasteiger partial charge < -0.3 is 15.3 Å². The third-order valence-corrected chi connectivity index (χ3v) is 6.21. The van der Waals surface area contributed by atoms with Crippen LogP contribution in [0.4, 0.5) is 4.79 Å². The summed E-state index contributed by atoms with van der Waals surface area (Å²) in [6.07, 6.45) is 7.47. The number of benzene rings is 1. The Morgan fingerprint density at radius 2 is 1.93 bits per heavy atom. The smallest absolute Gasteiger partial charge is 0.317 e. The van der Waals surface area contributed by atoms with E-state index in [2.05, 4.69) is 23.5 Å². The van der Waals surface area contributed by atoms with Crippen molar-refractivity contribution in [3.63, 3.8) is 0 Å². The first kappa shape index (κ1) is 20.6. The van der Waals surface area contributed by atoms with Crippen molar-refractivity contribution in [3.05, 3.63) is 34.9 Å². The fourth-order valence-corrected chi connectivity index (χ4v) is 4.45. The Kier molecular flexibility index (Phi) is 6.94. The maximum Gasteiger partial charge on any atom is 0.317 e. The van der Waals surface area contributed by atoms with E-state index in [1.54, 1.807) is 0 Å². The predicted octanol–water partition coefficient (Wildman–Crippen LogP) is 3.21. The fourth-order valence-electron chi connectivity index (χ4n) is 4.45. The molecule has 0 aromatic heterocycles. The molecule has 1 aliphatic carbocycles. The lowest BCUT2D eigenvalue weighted by Gasteiger charge is -2.26. The molecule has 6 nitrogen and oxygen atoms in total. The van der Waals surface area contributed by atoms with Crippen molar-refractivity contribution in [1.29, 1.82) is 0 Å². The highest BCUT2D eigenvalue weighted by atomic mass is 16.4. The van der Waals surface area contributed by atoms with E-state index in [1.165, 1.54) is 36.0 Å². The zero-order chi connectivity index (χ0) is 20.1. The number of amides is 2. The number of carbonyl (C=O) groups is 2. The molecule has 0 bridgehead atoms. The number of rotatable bonds is 5. The number of hydrogen-bond acceptors (Lipinski definition) is 3. The molecule has 0 radical (unpaired) electrons. The van der Waals surface area contributed by atoms with Gasteiger partial charge >= 0.3 is 12.0 Å². The summed E-state index contributed by atoms with van der Waals surface area (Å²) >= 11 is 0. The van der Waals surface area contributed by atoms with Crippen LogP contribution in [0.25, 0.3) is 0 Å². The van der Waals surface area contributed by atoms with Crippen molar-refractivity contribution < 1.29 is 14.7 Å². The van der Waals surface area contributed by atoms with E-state index < -0.39 is 5.97 Å². The monoisotopic (exact) mass is 387 g/mol. The Bertz CT molecular complexity index is 706. The Morgan fingerprint density at radius 1 is 1.18 bits per heavy atom. The molecule has 6 heteroatoms. The van der Waals surface area contributed by atoms with Gasteiger partial charge in [-0.1, -0.05) is 18.2 Å². The first-order valence-electron chi connectivity index (χ1n) is 10.5. The molecule has 1 aromatic carbocycles. The van der Waals surface area contributed by atoms with Crippen LogP contribution in [-0.2, 0) is 17.6 Å². The molecule has 1 aromatic rings. The SMILES string of the molecule is C[C@H](NC(=O)N1CCCC(N(C)CC(=O)O)CC1)c1ccc2c(c1)CCCC2. The van der Waals surface area contributed by atoms with Crippen LogP contribution >= 0.6 is 0 Å². The number of carboxylic acids is 1. The third-order valence-electron chi connectivity index (χ3n) is 6.21. The predicted molar refractivity (Wildman–Crippen MR) is 110 cm³/mol. The van der Waals surface area contributed by atoms with Crippen LogP contribution in [0.2, 0.25) is 0 Å². The average Bonchev–Trinajstić information content (AvgIpc) is 2.93. The number of hydrogen-bond donors (Lipinski definition) is 2. The second-order valence-electron chi connectivity index (χ2n) is 8.29. The second-order valence-corrected chi connectivity index (χ2v) is 8.29. The summed E-state index contributed by atoms with van der Waals surface area (Å²) in [5.41, 5.74) is 4.06. The summed E-state index contributed by atoms with van der Waals surface area (Å²) in [5, 5.41) is 12.1. The number of urea groups is 1. The van der Waals surface area contributed by atoms with Gasteiger partial charge in [-0.25, -0.2) is 4.79 Å². The van der Waals surface area contributed by atoms with E-state index in [0.29, 0.717) is 6.54 Å². The van der Waals surface area contributed by atoms with Crippen molar-refractivity contribution in [2.24, 2.45) is 0 Å². The summed E-state index contributed by atoms with van der Waals surface area (Å²) in [5.74, 6) is -0.805. The van der Waals surface area contributed by atoms with Crippen LogP contribution in [0.3, 0.4) is 0 Å². The molecule has 1 fully saturated rings. The number of aliphatic carboxylic acids is 1. The number of nitrogens with one attached hydrogen (secondary N) is 1. The van der Waals surface area contributed by atoms with Crippen molar-refractivity contribution in [1.82, 2.24) is 15.1 Å². The molecular formula is C22H33N3O3. The third kappa shape index (κ3) is 5.25. The number of likely N-dealkylation sites (tertiary alicyclic amines) is 1. The first-order valence-corrected chi connectivity index (χ1v) is 10.5. The normalized spacial score (nSPS) is 21.0. The number of likely N-dealkylation sites (N-methyl/N-ethyl adjacent to an activating group) is 1.